The maximum Gasteiger partial charge on any atom is 0.435 e. The summed E-state index contributed by atoms with van der Waals surface area (Å²) < 4.78 is 38.2. The molecule has 1 rings (SSSR count). The van der Waals surface area contributed by atoms with Crippen molar-refractivity contribution in [3.8, 4) is 0 Å². The summed E-state index contributed by atoms with van der Waals surface area (Å²) in [5.74, 6) is -0.778. The van der Waals surface area contributed by atoms with E-state index in [-0.39, 0.29) is 17.4 Å². The molecule has 0 spiro atoms. The highest BCUT2D eigenvalue weighted by Crippen LogP contribution is 2.28. The summed E-state index contributed by atoms with van der Waals surface area (Å²) in [6.45, 7) is 1.95. The van der Waals surface area contributed by atoms with E-state index in [1.54, 1.807) is 6.92 Å². The van der Waals surface area contributed by atoms with Crippen LogP contribution in [0.2, 0.25) is 0 Å². The number of thiocarbonyl (C=S) groups is 1. The van der Waals surface area contributed by atoms with Gasteiger partial charge in [-0.15, -0.1) is 0 Å². The minimum atomic E-state index is -4.61. The van der Waals surface area contributed by atoms with Crippen LogP contribution in [0.1, 0.15) is 23.1 Å². The van der Waals surface area contributed by atoms with Crippen molar-refractivity contribution < 1.29 is 18.0 Å². The molecular formula is C9H12F3N5OS. The molecule has 6 nitrogen and oxygen atoms in total. The summed E-state index contributed by atoms with van der Waals surface area (Å²) in [6.07, 6.45) is -4.61. The van der Waals surface area contributed by atoms with Gasteiger partial charge in [0, 0.05) is 19.7 Å². The molecule has 10 heteroatoms. The van der Waals surface area contributed by atoms with E-state index in [9.17, 15) is 18.0 Å². The molecule has 0 aliphatic heterocycles. The first-order valence-corrected chi connectivity index (χ1v) is 5.56. The van der Waals surface area contributed by atoms with Crippen LogP contribution in [-0.4, -0.2) is 32.4 Å². The van der Waals surface area contributed by atoms with Crippen LogP contribution >= 0.6 is 12.2 Å². The number of alkyl halides is 3. The molecular weight excluding hydrogens is 283 g/mol. The van der Waals surface area contributed by atoms with Crippen LogP contribution in [0.4, 0.5) is 13.2 Å². The maximum absolute atomic E-state index is 12.4. The Kier molecular flexibility index (Phi) is 4.35. The lowest BCUT2D eigenvalue weighted by molar-refractivity contribution is -0.141. The van der Waals surface area contributed by atoms with E-state index in [1.165, 1.54) is 7.05 Å². The largest absolute Gasteiger partial charge is 0.435 e. The number of hydrogen-bond donors (Lipinski definition) is 2. The minimum Gasteiger partial charge on any atom is -0.375 e. The van der Waals surface area contributed by atoms with Crippen LogP contribution in [-0.2, 0) is 13.2 Å². The molecule has 1 aromatic heterocycles. The second kappa shape index (κ2) is 5.43. The number of nitrogens with zero attached hydrogens (tertiary/aromatic N) is 3. The summed E-state index contributed by atoms with van der Waals surface area (Å²) in [4.78, 5) is 11.8. The molecule has 0 bridgehead atoms. The lowest BCUT2D eigenvalue weighted by Gasteiger charge is -2.21. The van der Waals surface area contributed by atoms with Gasteiger partial charge in [-0.05, 0) is 19.1 Å². The Hall–Kier alpha value is -1.84. The quantitative estimate of drug-likeness (QED) is 0.619. The standard InChI is InChI=1S/C9H12F3N5OS/c1-3-17(8(13)19)15-7(18)5-4-6(9(10,11)12)14-16(5)2/h4H,3H2,1-2H3,(H2,13,19)(H,15,18). The molecule has 3 N–H and O–H groups in total. The number of nitrogens with two attached hydrogens (primary N) is 1. The number of amides is 1. The molecule has 0 aliphatic rings. The Morgan fingerprint density at radius 3 is 2.58 bits per heavy atom. The smallest absolute Gasteiger partial charge is 0.375 e. The Bertz CT molecular complexity index is 499. The number of nitrogens with one attached hydrogen (secondary N) is 1. The molecule has 0 unspecified atom stereocenters. The predicted octanol–water partition coefficient (Wildman–Crippen LogP) is 0.649. The summed E-state index contributed by atoms with van der Waals surface area (Å²) >= 11 is 4.67. The molecule has 0 atom stereocenters. The fourth-order valence-electron chi connectivity index (χ4n) is 1.29. The van der Waals surface area contributed by atoms with Crippen LogP contribution < -0.4 is 11.2 Å². The molecule has 0 aliphatic carbocycles. The van der Waals surface area contributed by atoms with Gasteiger partial charge >= 0.3 is 6.18 Å². The van der Waals surface area contributed by atoms with E-state index in [2.05, 4.69) is 22.7 Å². The zero-order chi connectivity index (χ0) is 14.8. The number of hydrogen-bond acceptors (Lipinski definition) is 3. The molecule has 0 aromatic carbocycles. The number of aromatic nitrogens is 2. The number of aryl methyl sites for hydroxylation is 1. The van der Waals surface area contributed by atoms with E-state index in [4.69, 9.17) is 5.73 Å². The third kappa shape index (κ3) is 3.56. The van der Waals surface area contributed by atoms with Crippen LogP contribution in [0.25, 0.3) is 0 Å². The maximum atomic E-state index is 12.4. The van der Waals surface area contributed by atoms with Gasteiger partial charge in [0.2, 0.25) is 0 Å². The lowest BCUT2D eigenvalue weighted by atomic mass is 10.3. The topological polar surface area (TPSA) is 76.2 Å². The molecule has 1 aromatic rings. The number of hydrazine groups is 1. The highest BCUT2D eigenvalue weighted by atomic mass is 32.1. The highest BCUT2D eigenvalue weighted by Gasteiger charge is 2.35. The van der Waals surface area contributed by atoms with Crippen molar-refractivity contribution in [1.82, 2.24) is 20.2 Å². The highest BCUT2D eigenvalue weighted by molar-refractivity contribution is 7.80. The van der Waals surface area contributed by atoms with Crippen molar-refractivity contribution in [3.63, 3.8) is 0 Å². The summed E-state index contributed by atoms with van der Waals surface area (Å²) in [5.41, 5.74) is 6.23. The SMILES string of the molecule is CCN(NC(=O)c1cc(C(F)(F)F)nn1C)C(N)=S. The molecule has 1 heterocycles. The Balaban J connectivity index is 2.95. The first-order valence-electron chi connectivity index (χ1n) is 5.16. The average Bonchev–Trinajstić information content (AvgIpc) is 2.67. The molecule has 0 saturated heterocycles. The van der Waals surface area contributed by atoms with Crippen molar-refractivity contribution in [3.05, 3.63) is 17.5 Å². The van der Waals surface area contributed by atoms with Crippen LogP contribution in [0.5, 0.6) is 0 Å². The second-order valence-electron chi connectivity index (χ2n) is 3.56. The van der Waals surface area contributed by atoms with Crippen LogP contribution in [0, 0.1) is 0 Å². The number of carbonyl (C=O) groups excluding carboxylic acids is 1. The number of carbonyl (C=O) groups is 1. The fraction of sp³-hybridized carbons (Fsp3) is 0.444. The van der Waals surface area contributed by atoms with Crippen molar-refractivity contribution in [2.45, 2.75) is 13.1 Å². The van der Waals surface area contributed by atoms with Gasteiger partial charge in [0.15, 0.2) is 10.8 Å². The Morgan fingerprint density at radius 2 is 2.21 bits per heavy atom. The van der Waals surface area contributed by atoms with Gasteiger partial charge in [0.1, 0.15) is 5.69 Å². The Labute approximate surface area is 112 Å². The lowest BCUT2D eigenvalue weighted by Crippen LogP contribution is -2.48. The predicted molar refractivity (Wildman–Crippen MR) is 64.8 cm³/mol. The molecule has 106 valence electrons. The molecule has 0 radical (unpaired) electrons. The monoisotopic (exact) mass is 295 g/mol. The zero-order valence-electron chi connectivity index (χ0n) is 10.2. The van der Waals surface area contributed by atoms with Crippen molar-refractivity contribution >= 4 is 23.2 Å². The normalized spacial score (nSPS) is 11.2. The fourth-order valence-corrected chi connectivity index (χ4v) is 1.46. The van der Waals surface area contributed by atoms with E-state index < -0.39 is 17.8 Å². The van der Waals surface area contributed by atoms with E-state index >= 15 is 0 Å². The molecule has 0 fully saturated rings. The van der Waals surface area contributed by atoms with Gasteiger partial charge < -0.3 is 5.73 Å². The first kappa shape index (κ1) is 15.2. The van der Waals surface area contributed by atoms with Gasteiger partial charge in [-0.3, -0.25) is 19.9 Å². The van der Waals surface area contributed by atoms with Crippen molar-refractivity contribution in [1.29, 1.82) is 0 Å². The van der Waals surface area contributed by atoms with Gasteiger partial charge in [-0.1, -0.05) is 0 Å². The summed E-state index contributed by atoms with van der Waals surface area (Å²) in [7, 11) is 1.24. The Morgan fingerprint density at radius 1 is 1.63 bits per heavy atom. The number of rotatable bonds is 2. The zero-order valence-corrected chi connectivity index (χ0v) is 11.0. The summed E-state index contributed by atoms with van der Waals surface area (Å²) in [5, 5.41) is 4.28. The summed E-state index contributed by atoms with van der Waals surface area (Å²) in [6, 6.07) is 0.655. The van der Waals surface area contributed by atoms with Crippen LogP contribution in [0.3, 0.4) is 0 Å². The van der Waals surface area contributed by atoms with Crippen LogP contribution in [0.15, 0.2) is 6.07 Å². The van der Waals surface area contributed by atoms with Gasteiger partial charge in [-0.25, -0.2) is 0 Å². The van der Waals surface area contributed by atoms with E-state index in [0.29, 0.717) is 6.07 Å². The molecule has 19 heavy (non-hydrogen) atoms. The minimum absolute atomic E-state index is 0.0888. The molecule has 1 amide bonds. The van der Waals surface area contributed by atoms with Crippen molar-refractivity contribution in [2.24, 2.45) is 12.8 Å². The third-order valence-corrected chi connectivity index (χ3v) is 2.44. The van der Waals surface area contributed by atoms with Gasteiger partial charge in [-0.2, -0.15) is 18.3 Å². The average molecular weight is 295 g/mol. The van der Waals surface area contributed by atoms with E-state index in [1.807, 2.05) is 0 Å². The second-order valence-corrected chi connectivity index (χ2v) is 3.98. The van der Waals surface area contributed by atoms with Gasteiger partial charge in [0.25, 0.3) is 5.91 Å². The number of halogens is 3. The van der Waals surface area contributed by atoms with E-state index in [0.717, 1.165) is 9.69 Å². The first-order chi connectivity index (χ1) is 8.66. The molecule has 0 saturated carbocycles. The van der Waals surface area contributed by atoms with Crippen molar-refractivity contribution in [2.75, 3.05) is 6.54 Å². The third-order valence-electron chi connectivity index (χ3n) is 2.22. The van der Waals surface area contributed by atoms with Gasteiger partial charge in [0.05, 0.1) is 0 Å².